The maximum absolute atomic E-state index is 11.7. The number of hydrogen-bond donors (Lipinski definition) is 0. The normalized spacial score (nSPS) is 14.9. The van der Waals surface area contributed by atoms with Crippen LogP contribution >= 0.6 is 0 Å². The number of ketones is 1. The third-order valence-electron chi connectivity index (χ3n) is 3.29. The van der Waals surface area contributed by atoms with Gasteiger partial charge in [0.05, 0.1) is 12.2 Å². The minimum absolute atomic E-state index is 0.330. The Morgan fingerprint density at radius 3 is 2.88 bits per heavy atom. The Kier molecular flexibility index (Phi) is 3.42. The average Bonchev–Trinajstić information content (AvgIpc) is 2.56. The second-order valence-electron chi connectivity index (χ2n) is 4.63. The van der Waals surface area contributed by atoms with Gasteiger partial charge in [-0.15, -0.1) is 0 Å². The van der Waals surface area contributed by atoms with E-state index in [1.807, 2.05) is 13.8 Å². The predicted molar refractivity (Wildman–Crippen MR) is 63.5 cm³/mol. The molecule has 0 bridgehead atoms. The number of hydrogen-bond acceptors (Lipinski definition) is 2. The minimum atomic E-state index is 0.330. The molecule has 1 heterocycles. The summed E-state index contributed by atoms with van der Waals surface area (Å²) in [5, 5.41) is 0. The number of aryl methyl sites for hydroxylation is 2. The third-order valence-corrected chi connectivity index (χ3v) is 3.29. The number of carbonyl (C=O) groups excluding carboxylic acids is 1. The van der Waals surface area contributed by atoms with E-state index in [1.54, 1.807) is 0 Å². The van der Waals surface area contributed by atoms with Gasteiger partial charge in [-0.1, -0.05) is 6.92 Å². The van der Waals surface area contributed by atoms with Gasteiger partial charge in [0.15, 0.2) is 5.78 Å². The van der Waals surface area contributed by atoms with Crippen LogP contribution in [0.15, 0.2) is 0 Å². The molecule has 0 aromatic carbocycles. The summed E-state index contributed by atoms with van der Waals surface area (Å²) in [6.45, 7) is 4.59. The molecule has 0 N–H and O–H groups in total. The summed E-state index contributed by atoms with van der Waals surface area (Å²) in [6, 6.07) is 0. The zero-order valence-corrected chi connectivity index (χ0v) is 10.3. The summed E-state index contributed by atoms with van der Waals surface area (Å²) in [5.74, 6) is 1.34. The van der Waals surface area contributed by atoms with Crippen molar-refractivity contribution in [3.05, 3.63) is 17.2 Å². The Labute approximate surface area is 96.9 Å². The Morgan fingerprint density at radius 1 is 1.38 bits per heavy atom. The molecule has 1 aromatic heterocycles. The SMILES string of the molecule is CCCC(=O)Cn1c(C)nc2c1CCCC2. The molecule has 1 aromatic rings. The molecule has 0 atom stereocenters. The Balaban J connectivity index is 2.19. The number of aromatic nitrogens is 2. The fourth-order valence-electron chi connectivity index (χ4n) is 2.48. The first-order valence-electron chi connectivity index (χ1n) is 6.29. The fraction of sp³-hybridized carbons (Fsp3) is 0.692. The van der Waals surface area contributed by atoms with Crippen LogP contribution in [-0.2, 0) is 24.2 Å². The highest BCUT2D eigenvalue weighted by Gasteiger charge is 2.18. The number of fused-ring (bicyclic) bond motifs is 1. The quantitative estimate of drug-likeness (QED) is 0.781. The molecule has 16 heavy (non-hydrogen) atoms. The standard InChI is InChI=1S/C13H20N2O/c1-3-6-11(16)9-15-10(2)14-12-7-4-5-8-13(12)15/h3-9H2,1-2H3. The summed E-state index contributed by atoms with van der Waals surface area (Å²) in [6.07, 6.45) is 6.29. The summed E-state index contributed by atoms with van der Waals surface area (Å²) >= 11 is 0. The lowest BCUT2D eigenvalue weighted by Gasteiger charge is -2.14. The molecule has 3 nitrogen and oxygen atoms in total. The zero-order valence-electron chi connectivity index (χ0n) is 10.3. The third kappa shape index (κ3) is 2.18. The largest absolute Gasteiger partial charge is 0.325 e. The minimum Gasteiger partial charge on any atom is -0.325 e. The number of rotatable bonds is 4. The molecule has 1 aliphatic rings. The van der Waals surface area contributed by atoms with Crippen LogP contribution in [0.25, 0.3) is 0 Å². The molecule has 0 fully saturated rings. The molecular formula is C13H20N2O. The molecule has 88 valence electrons. The smallest absolute Gasteiger partial charge is 0.152 e. The van der Waals surface area contributed by atoms with Crippen molar-refractivity contribution in [3.8, 4) is 0 Å². The van der Waals surface area contributed by atoms with Crippen molar-refractivity contribution in [2.45, 2.75) is 58.9 Å². The van der Waals surface area contributed by atoms with Crippen LogP contribution in [0.4, 0.5) is 0 Å². The monoisotopic (exact) mass is 220 g/mol. The lowest BCUT2D eigenvalue weighted by molar-refractivity contribution is -0.119. The van der Waals surface area contributed by atoms with Gasteiger partial charge in [-0.3, -0.25) is 4.79 Å². The first-order valence-corrected chi connectivity index (χ1v) is 6.29. The van der Waals surface area contributed by atoms with Crippen LogP contribution < -0.4 is 0 Å². The van der Waals surface area contributed by atoms with Crippen LogP contribution in [0.2, 0.25) is 0 Å². The van der Waals surface area contributed by atoms with Crippen molar-refractivity contribution < 1.29 is 4.79 Å². The molecule has 0 amide bonds. The molecule has 2 rings (SSSR count). The van der Waals surface area contributed by atoms with Gasteiger partial charge in [0.25, 0.3) is 0 Å². The number of Topliss-reactive ketones (excluding diaryl/α,β-unsaturated/α-hetero) is 1. The summed E-state index contributed by atoms with van der Waals surface area (Å²) in [5.41, 5.74) is 2.54. The van der Waals surface area contributed by atoms with Crippen molar-refractivity contribution in [1.82, 2.24) is 9.55 Å². The topological polar surface area (TPSA) is 34.9 Å². The molecule has 0 saturated carbocycles. The van der Waals surface area contributed by atoms with Crippen molar-refractivity contribution in [2.75, 3.05) is 0 Å². The Hall–Kier alpha value is -1.12. The van der Waals surface area contributed by atoms with Crippen LogP contribution in [0.5, 0.6) is 0 Å². The lowest BCUT2D eigenvalue weighted by Crippen LogP contribution is -2.15. The number of imidazole rings is 1. The summed E-state index contributed by atoms with van der Waals surface area (Å²) in [7, 11) is 0. The molecular weight excluding hydrogens is 200 g/mol. The van der Waals surface area contributed by atoms with Gasteiger partial charge in [-0.2, -0.15) is 0 Å². The van der Waals surface area contributed by atoms with Crippen molar-refractivity contribution >= 4 is 5.78 Å². The van der Waals surface area contributed by atoms with Gasteiger partial charge in [0.2, 0.25) is 0 Å². The fourth-order valence-corrected chi connectivity index (χ4v) is 2.48. The van der Waals surface area contributed by atoms with E-state index in [0.29, 0.717) is 18.7 Å². The first kappa shape index (κ1) is 11.4. The van der Waals surface area contributed by atoms with Crippen molar-refractivity contribution in [1.29, 1.82) is 0 Å². The van der Waals surface area contributed by atoms with Gasteiger partial charge in [-0.05, 0) is 39.0 Å². The van der Waals surface area contributed by atoms with E-state index in [4.69, 9.17) is 0 Å². The molecule has 0 spiro atoms. The summed E-state index contributed by atoms with van der Waals surface area (Å²) < 4.78 is 2.13. The van der Waals surface area contributed by atoms with Gasteiger partial charge in [0.1, 0.15) is 5.82 Å². The van der Waals surface area contributed by atoms with Crippen LogP contribution in [0.1, 0.15) is 49.8 Å². The lowest BCUT2D eigenvalue weighted by atomic mass is 10.0. The van der Waals surface area contributed by atoms with Crippen LogP contribution in [-0.4, -0.2) is 15.3 Å². The maximum atomic E-state index is 11.7. The average molecular weight is 220 g/mol. The molecule has 0 saturated heterocycles. The highest BCUT2D eigenvalue weighted by Crippen LogP contribution is 2.22. The van der Waals surface area contributed by atoms with E-state index in [1.165, 1.54) is 24.2 Å². The van der Waals surface area contributed by atoms with E-state index >= 15 is 0 Å². The van der Waals surface area contributed by atoms with E-state index < -0.39 is 0 Å². The number of nitrogens with zero attached hydrogens (tertiary/aromatic N) is 2. The van der Waals surface area contributed by atoms with E-state index in [2.05, 4.69) is 9.55 Å². The predicted octanol–water partition coefficient (Wildman–Crippen LogP) is 2.44. The van der Waals surface area contributed by atoms with Crippen molar-refractivity contribution in [2.24, 2.45) is 0 Å². The van der Waals surface area contributed by atoms with E-state index in [9.17, 15) is 4.79 Å². The van der Waals surface area contributed by atoms with Gasteiger partial charge >= 0.3 is 0 Å². The Bertz CT molecular complexity index is 393. The molecule has 0 aliphatic heterocycles. The van der Waals surface area contributed by atoms with Crippen LogP contribution in [0, 0.1) is 6.92 Å². The van der Waals surface area contributed by atoms with Crippen molar-refractivity contribution in [3.63, 3.8) is 0 Å². The van der Waals surface area contributed by atoms with Gasteiger partial charge in [0, 0.05) is 12.1 Å². The van der Waals surface area contributed by atoms with Gasteiger partial charge < -0.3 is 4.57 Å². The second kappa shape index (κ2) is 4.81. The van der Waals surface area contributed by atoms with E-state index in [-0.39, 0.29) is 0 Å². The van der Waals surface area contributed by atoms with Gasteiger partial charge in [-0.25, -0.2) is 4.98 Å². The van der Waals surface area contributed by atoms with Crippen LogP contribution in [0.3, 0.4) is 0 Å². The summed E-state index contributed by atoms with van der Waals surface area (Å²) in [4.78, 5) is 16.3. The first-order chi connectivity index (χ1) is 7.72. The maximum Gasteiger partial charge on any atom is 0.152 e. The molecule has 0 radical (unpaired) electrons. The Morgan fingerprint density at radius 2 is 2.12 bits per heavy atom. The highest BCUT2D eigenvalue weighted by molar-refractivity contribution is 5.78. The molecule has 1 aliphatic carbocycles. The second-order valence-corrected chi connectivity index (χ2v) is 4.63. The molecule has 3 heteroatoms. The number of carbonyl (C=O) groups is 1. The zero-order chi connectivity index (χ0) is 11.5. The molecule has 0 unspecified atom stereocenters. The van der Waals surface area contributed by atoms with E-state index in [0.717, 1.165) is 25.1 Å². The highest BCUT2D eigenvalue weighted by atomic mass is 16.1.